The van der Waals surface area contributed by atoms with Gasteiger partial charge in [0.2, 0.25) is 5.91 Å². The van der Waals surface area contributed by atoms with E-state index in [0.29, 0.717) is 11.2 Å². The Morgan fingerprint density at radius 2 is 1.93 bits per heavy atom. The molecule has 0 saturated heterocycles. The molecule has 1 aromatic carbocycles. The molecule has 2 N–H and O–H groups in total. The largest absolute Gasteiger partial charge is 0.353 e. The Bertz CT molecular complexity index is 830. The number of fused-ring (bicyclic) bond motifs is 1. The summed E-state index contributed by atoms with van der Waals surface area (Å²) >= 11 is 7.47. The van der Waals surface area contributed by atoms with Crippen molar-refractivity contribution in [2.75, 3.05) is 6.54 Å². The minimum Gasteiger partial charge on any atom is -0.353 e. The molecule has 0 bridgehead atoms. The smallest absolute Gasteiger partial charge is 0.239 e. The van der Waals surface area contributed by atoms with Crippen LogP contribution in [0.15, 0.2) is 41.8 Å². The van der Waals surface area contributed by atoms with Gasteiger partial charge in [0.25, 0.3) is 0 Å². The molecular formula is C23H29N3OS2. The number of nitrogens with one attached hydrogen (secondary N) is 2. The summed E-state index contributed by atoms with van der Waals surface area (Å²) in [7, 11) is 0. The van der Waals surface area contributed by atoms with Gasteiger partial charge in [-0.2, -0.15) is 0 Å². The second kappa shape index (κ2) is 9.72. The number of hydrogen-bond donors (Lipinski definition) is 2. The Balaban J connectivity index is 1.33. The van der Waals surface area contributed by atoms with Crippen LogP contribution in [0.3, 0.4) is 0 Å². The Hall–Kier alpha value is -1.92. The average Bonchev–Trinajstić information content (AvgIpc) is 3.44. The van der Waals surface area contributed by atoms with E-state index in [2.05, 4.69) is 57.3 Å². The summed E-state index contributed by atoms with van der Waals surface area (Å²) < 4.78 is 0. The maximum Gasteiger partial charge on any atom is 0.239 e. The first kappa shape index (κ1) is 20.4. The van der Waals surface area contributed by atoms with Gasteiger partial charge >= 0.3 is 0 Å². The van der Waals surface area contributed by atoms with Crippen LogP contribution in [0.25, 0.3) is 0 Å². The summed E-state index contributed by atoms with van der Waals surface area (Å²) in [6, 6.07) is 13.3. The predicted molar refractivity (Wildman–Crippen MR) is 123 cm³/mol. The first-order chi connectivity index (χ1) is 14.2. The van der Waals surface area contributed by atoms with Crippen molar-refractivity contribution in [2.24, 2.45) is 0 Å². The van der Waals surface area contributed by atoms with E-state index >= 15 is 0 Å². The van der Waals surface area contributed by atoms with E-state index in [-0.39, 0.29) is 18.5 Å². The first-order valence-corrected chi connectivity index (χ1v) is 11.9. The fourth-order valence-electron chi connectivity index (χ4n) is 4.56. The maximum absolute atomic E-state index is 12.6. The molecule has 0 aliphatic heterocycles. The molecule has 6 heteroatoms. The highest BCUT2D eigenvalue weighted by Crippen LogP contribution is 2.29. The van der Waals surface area contributed by atoms with Crippen LogP contribution >= 0.6 is 23.6 Å². The van der Waals surface area contributed by atoms with Crippen LogP contribution in [0, 0.1) is 0 Å². The standard InChI is InChI=1S/C23H29N3OS2/c27-22(25-21-13-5-8-17-7-1-4-12-20(17)21)15-24-23(28)26(18-9-2-3-10-18)16-19-11-6-14-29-19/h1,4,6-7,11-12,14,18,21H,2-3,5,8-10,13,15-16H2,(H,24,28)(H,25,27)/t21-/m1/s1. The van der Waals surface area contributed by atoms with Crippen LogP contribution in [0.4, 0.5) is 0 Å². The van der Waals surface area contributed by atoms with E-state index in [1.54, 1.807) is 11.3 Å². The summed E-state index contributed by atoms with van der Waals surface area (Å²) in [6.45, 7) is 1.05. The molecule has 1 heterocycles. The lowest BCUT2D eigenvalue weighted by Crippen LogP contribution is -2.47. The molecule has 0 unspecified atom stereocenters. The van der Waals surface area contributed by atoms with Crippen molar-refractivity contribution in [2.45, 2.75) is 63.6 Å². The molecule has 2 aliphatic carbocycles. The molecule has 1 atom stereocenters. The van der Waals surface area contributed by atoms with Crippen LogP contribution in [-0.4, -0.2) is 28.5 Å². The molecule has 154 valence electrons. The van der Waals surface area contributed by atoms with Crippen molar-refractivity contribution in [1.29, 1.82) is 0 Å². The molecule has 2 aliphatic rings. The zero-order valence-electron chi connectivity index (χ0n) is 16.7. The number of amides is 1. The summed E-state index contributed by atoms with van der Waals surface area (Å²) in [5.74, 6) is 0.0107. The van der Waals surface area contributed by atoms with E-state index in [0.717, 1.165) is 25.8 Å². The van der Waals surface area contributed by atoms with Crippen LogP contribution in [0.1, 0.15) is 60.6 Å². The number of aryl methyl sites for hydroxylation is 1. The molecule has 2 aromatic rings. The minimum absolute atomic E-state index is 0.0107. The summed E-state index contributed by atoms with van der Waals surface area (Å²) in [5.41, 5.74) is 2.62. The zero-order valence-corrected chi connectivity index (χ0v) is 18.4. The van der Waals surface area contributed by atoms with Gasteiger partial charge in [0.05, 0.1) is 19.1 Å². The SMILES string of the molecule is O=C(CNC(=S)N(Cc1cccs1)C1CCCC1)N[C@@H]1CCCc2ccccc21. The number of carbonyl (C=O) groups excluding carboxylic acids is 1. The van der Waals surface area contributed by atoms with Crippen molar-refractivity contribution in [3.63, 3.8) is 0 Å². The van der Waals surface area contributed by atoms with Gasteiger partial charge in [-0.25, -0.2) is 0 Å². The number of carbonyl (C=O) groups is 1. The zero-order chi connectivity index (χ0) is 20.1. The molecule has 4 nitrogen and oxygen atoms in total. The van der Waals surface area contributed by atoms with Crippen molar-refractivity contribution in [1.82, 2.24) is 15.5 Å². The molecule has 29 heavy (non-hydrogen) atoms. The second-order valence-electron chi connectivity index (χ2n) is 8.02. The molecule has 1 aromatic heterocycles. The van der Waals surface area contributed by atoms with E-state index in [1.807, 2.05) is 0 Å². The number of thiophene rings is 1. The number of hydrogen-bond acceptors (Lipinski definition) is 3. The highest BCUT2D eigenvalue weighted by Gasteiger charge is 2.26. The summed E-state index contributed by atoms with van der Waals surface area (Å²) in [6.07, 6.45) is 8.09. The van der Waals surface area contributed by atoms with Gasteiger partial charge in [-0.15, -0.1) is 11.3 Å². The Morgan fingerprint density at radius 1 is 1.10 bits per heavy atom. The van der Waals surface area contributed by atoms with Crippen LogP contribution < -0.4 is 10.6 Å². The van der Waals surface area contributed by atoms with E-state index in [4.69, 9.17) is 12.2 Å². The summed E-state index contributed by atoms with van der Waals surface area (Å²) in [4.78, 5) is 16.2. The Labute approximate surface area is 182 Å². The fraction of sp³-hybridized carbons (Fsp3) is 0.478. The lowest BCUT2D eigenvalue weighted by atomic mass is 9.88. The number of nitrogens with zero attached hydrogens (tertiary/aromatic N) is 1. The fourth-order valence-corrected chi connectivity index (χ4v) is 5.55. The highest BCUT2D eigenvalue weighted by atomic mass is 32.1. The average molecular weight is 428 g/mol. The molecule has 4 rings (SSSR count). The van der Waals surface area contributed by atoms with Crippen LogP contribution in [-0.2, 0) is 17.8 Å². The second-order valence-corrected chi connectivity index (χ2v) is 9.43. The Morgan fingerprint density at radius 3 is 2.72 bits per heavy atom. The molecule has 1 fully saturated rings. The first-order valence-electron chi connectivity index (χ1n) is 10.6. The van der Waals surface area contributed by atoms with Gasteiger partial charge in [0, 0.05) is 10.9 Å². The third-order valence-electron chi connectivity index (χ3n) is 6.04. The van der Waals surface area contributed by atoms with E-state index in [9.17, 15) is 4.79 Å². The van der Waals surface area contributed by atoms with Crippen molar-refractivity contribution in [3.8, 4) is 0 Å². The van der Waals surface area contributed by atoms with E-state index in [1.165, 1.54) is 41.7 Å². The van der Waals surface area contributed by atoms with Gasteiger partial charge in [0.15, 0.2) is 5.11 Å². The van der Waals surface area contributed by atoms with Gasteiger partial charge < -0.3 is 15.5 Å². The van der Waals surface area contributed by atoms with Crippen molar-refractivity contribution >= 4 is 34.6 Å². The molecular weight excluding hydrogens is 398 g/mol. The number of benzene rings is 1. The predicted octanol–water partition coefficient (Wildman–Crippen LogP) is 4.56. The maximum atomic E-state index is 12.6. The van der Waals surface area contributed by atoms with E-state index < -0.39 is 0 Å². The minimum atomic E-state index is 0.0107. The lowest BCUT2D eigenvalue weighted by molar-refractivity contribution is -0.120. The highest BCUT2D eigenvalue weighted by molar-refractivity contribution is 7.80. The number of thiocarbonyl (C=S) groups is 1. The van der Waals surface area contributed by atoms with Gasteiger partial charge in [-0.05, 0) is 66.9 Å². The third kappa shape index (κ3) is 5.17. The van der Waals surface area contributed by atoms with Crippen LogP contribution in [0.2, 0.25) is 0 Å². The molecule has 1 amide bonds. The quantitative estimate of drug-likeness (QED) is 0.664. The van der Waals surface area contributed by atoms with Crippen molar-refractivity contribution in [3.05, 3.63) is 57.8 Å². The topological polar surface area (TPSA) is 44.4 Å². The van der Waals surface area contributed by atoms with Crippen molar-refractivity contribution < 1.29 is 4.79 Å². The van der Waals surface area contributed by atoms with Gasteiger partial charge in [-0.3, -0.25) is 4.79 Å². The monoisotopic (exact) mass is 427 g/mol. The third-order valence-corrected chi connectivity index (χ3v) is 7.28. The van der Waals surface area contributed by atoms with Gasteiger partial charge in [-0.1, -0.05) is 43.2 Å². The molecule has 0 radical (unpaired) electrons. The Kier molecular flexibility index (Phi) is 6.82. The molecule has 1 saturated carbocycles. The lowest BCUT2D eigenvalue weighted by Gasteiger charge is -2.31. The molecule has 0 spiro atoms. The summed E-state index contributed by atoms with van der Waals surface area (Å²) in [5, 5.41) is 9.25. The normalized spacial score (nSPS) is 18.8. The van der Waals surface area contributed by atoms with Gasteiger partial charge in [0.1, 0.15) is 0 Å². The number of rotatable bonds is 6. The van der Waals surface area contributed by atoms with Crippen LogP contribution in [0.5, 0.6) is 0 Å².